The average molecular weight is 338 g/mol. The van der Waals surface area contributed by atoms with E-state index in [9.17, 15) is 4.79 Å². The van der Waals surface area contributed by atoms with Crippen molar-refractivity contribution in [1.82, 2.24) is 14.9 Å². The SMILES string of the molecule is O=C(c1ccc(Br)o1)N1CCC(Oc2cnccn2)C1. The highest BCUT2D eigenvalue weighted by atomic mass is 79.9. The zero-order valence-corrected chi connectivity index (χ0v) is 12.1. The first kappa shape index (κ1) is 13.1. The van der Waals surface area contributed by atoms with Crippen LogP contribution in [0.25, 0.3) is 0 Å². The van der Waals surface area contributed by atoms with Gasteiger partial charge in [0.25, 0.3) is 5.91 Å². The van der Waals surface area contributed by atoms with Crippen LogP contribution in [0.5, 0.6) is 5.88 Å². The first-order valence-corrected chi connectivity index (χ1v) is 6.99. The van der Waals surface area contributed by atoms with Crippen molar-refractivity contribution in [2.24, 2.45) is 0 Å². The van der Waals surface area contributed by atoms with Gasteiger partial charge in [-0.2, -0.15) is 0 Å². The number of carbonyl (C=O) groups excluding carboxylic acids is 1. The topological polar surface area (TPSA) is 68.5 Å². The summed E-state index contributed by atoms with van der Waals surface area (Å²) >= 11 is 3.19. The van der Waals surface area contributed by atoms with Crippen LogP contribution in [0.4, 0.5) is 0 Å². The molecule has 1 unspecified atom stereocenters. The second kappa shape index (κ2) is 5.62. The summed E-state index contributed by atoms with van der Waals surface area (Å²) < 4.78 is 11.5. The molecule has 2 aromatic rings. The largest absolute Gasteiger partial charge is 0.471 e. The monoisotopic (exact) mass is 337 g/mol. The highest BCUT2D eigenvalue weighted by molar-refractivity contribution is 9.10. The van der Waals surface area contributed by atoms with Gasteiger partial charge in [-0.25, -0.2) is 4.98 Å². The van der Waals surface area contributed by atoms with Crippen LogP contribution in [-0.2, 0) is 0 Å². The number of ether oxygens (including phenoxy) is 1. The first-order chi connectivity index (χ1) is 9.72. The summed E-state index contributed by atoms with van der Waals surface area (Å²) in [6, 6.07) is 3.36. The molecule has 0 bridgehead atoms. The number of rotatable bonds is 3. The molecule has 3 heterocycles. The third-order valence-electron chi connectivity index (χ3n) is 3.04. The third kappa shape index (κ3) is 2.82. The lowest BCUT2D eigenvalue weighted by Crippen LogP contribution is -2.30. The van der Waals surface area contributed by atoms with E-state index in [2.05, 4.69) is 25.9 Å². The van der Waals surface area contributed by atoms with E-state index in [1.165, 1.54) is 0 Å². The predicted octanol–water partition coefficient (Wildman–Crippen LogP) is 2.13. The lowest BCUT2D eigenvalue weighted by molar-refractivity contribution is 0.0738. The van der Waals surface area contributed by atoms with E-state index in [4.69, 9.17) is 9.15 Å². The van der Waals surface area contributed by atoms with Crippen LogP contribution in [0.3, 0.4) is 0 Å². The average Bonchev–Trinajstić information content (AvgIpc) is 3.08. The molecule has 0 aromatic carbocycles. The molecular formula is C13H12BrN3O3. The molecule has 3 rings (SSSR count). The molecule has 0 aliphatic carbocycles. The van der Waals surface area contributed by atoms with Crippen molar-refractivity contribution in [2.45, 2.75) is 12.5 Å². The number of nitrogens with zero attached hydrogens (tertiary/aromatic N) is 3. The summed E-state index contributed by atoms with van der Waals surface area (Å²) in [7, 11) is 0. The van der Waals surface area contributed by atoms with Crippen LogP contribution in [-0.4, -0.2) is 40.0 Å². The number of amides is 1. The van der Waals surface area contributed by atoms with E-state index in [1.54, 1.807) is 35.6 Å². The van der Waals surface area contributed by atoms with Crippen LogP contribution >= 0.6 is 15.9 Å². The van der Waals surface area contributed by atoms with Crippen LogP contribution in [0.1, 0.15) is 17.0 Å². The van der Waals surface area contributed by atoms with Crippen molar-refractivity contribution >= 4 is 21.8 Å². The summed E-state index contributed by atoms with van der Waals surface area (Å²) in [6.45, 7) is 1.16. The summed E-state index contributed by atoms with van der Waals surface area (Å²) in [4.78, 5) is 21.9. The van der Waals surface area contributed by atoms with E-state index in [-0.39, 0.29) is 12.0 Å². The first-order valence-electron chi connectivity index (χ1n) is 6.19. The molecule has 0 radical (unpaired) electrons. The fourth-order valence-corrected chi connectivity index (χ4v) is 2.42. The Balaban J connectivity index is 1.61. The Labute approximate surface area is 123 Å². The summed E-state index contributed by atoms with van der Waals surface area (Å²) in [5.74, 6) is 0.686. The molecule has 0 saturated carbocycles. The van der Waals surface area contributed by atoms with Gasteiger partial charge in [0.15, 0.2) is 10.4 Å². The summed E-state index contributed by atoms with van der Waals surface area (Å²) in [5, 5.41) is 0. The van der Waals surface area contributed by atoms with Crippen molar-refractivity contribution in [3.8, 4) is 5.88 Å². The second-order valence-electron chi connectivity index (χ2n) is 4.43. The van der Waals surface area contributed by atoms with Crippen LogP contribution in [0, 0.1) is 0 Å². The Hall–Kier alpha value is -1.89. The molecular weight excluding hydrogens is 326 g/mol. The maximum Gasteiger partial charge on any atom is 0.289 e. The molecule has 1 fully saturated rings. The number of halogens is 1. The van der Waals surface area contributed by atoms with Crippen molar-refractivity contribution in [1.29, 1.82) is 0 Å². The van der Waals surface area contributed by atoms with Gasteiger partial charge in [0.1, 0.15) is 6.10 Å². The van der Waals surface area contributed by atoms with Gasteiger partial charge in [0.05, 0.1) is 12.7 Å². The zero-order valence-electron chi connectivity index (χ0n) is 10.5. The summed E-state index contributed by atoms with van der Waals surface area (Å²) in [6.07, 6.45) is 5.44. The number of hydrogen-bond donors (Lipinski definition) is 0. The molecule has 1 aliphatic rings. The molecule has 1 saturated heterocycles. The smallest absolute Gasteiger partial charge is 0.289 e. The third-order valence-corrected chi connectivity index (χ3v) is 3.47. The molecule has 20 heavy (non-hydrogen) atoms. The van der Waals surface area contributed by atoms with E-state index in [0.29, 0.717) is 29.4 Å². The maximum atomic E-state index is 12.2. The minimum Gasteiger partial charge on any atom is -0.471 e. The molecule has 0 N–H and O–H groups in total. The van der Waals surface area contributed by atoms with E-state index in [0.717, 1.165) is 6.42 Å². The van der Waals surface area contributed by atoms with Crippen molar-refractivity contribution in [3.05, 3.63) is 41.2 Å². The van der Waals surface area contributed by atoms with Crippen molar-refractivity contribution < 1.29 is 13.9 Å². The molecule has 1 aliphatic heterocycles. The number of aromatic nitrogens is 2. The predicted molar refractivity (Wildman–Crippen MR) is 73.4 cm³/mol. The Morgan fingerprint density at radius 2 is 2.35 bits per heavy atom. The molecule has 2 aromatic heterocycles. The molecule has 1 amide bonds. The lowest BCUT2D eigenvalue weighted by atomic mass is 10.3. The number of furan rings is 1. The quantitative estimate of drug-likeness (QED) is 0.858. The fourth-order valence-electron chi connectivity index (χ4n) is 2.11. The molecule has 104 valence electrons. The van der Waals surface area contributed by atoms with Gasteiger partial charge in [-0.05, 0) is 28.1 Å². The van der Waals surface area contributed by atoms with Crippen molar-refractivity contribution in [2.75, 3.05) is 13.1 Å². The van der Waals surface area contributed by atoms with Gasteiger partial charge >= 0.3 is 0 Å². The van der Waals surface area contributed by atoms with Gasteiger partial charge in [0.2, 0.25) is 5.88 Å². The number of hydrogen-bond acceptors (Lipinski definition) is 5. The Kier molecular flexibility index (Phi) is 3.68. The van der Waals surface area contributed by atoms with E-state index < -0.39 is 0 Å². The van der Waals surface area contributed by atoms with Crippen molar-refractivity contribution in [3.63, 3.8) is 0 Å². The van der Waals surface area contributed by atoms with E-state index in [1.807, 2.05) is 0 Å². The minimum atomic E-state index is -0.124. The number of carbonyl (C=O) groups is 1. The maximum absolute atomic E-state index is 12.2. The van der Waals surface area contributed by atoms with Gasteiger partial charge in [-0.15, -0.1) is 0 Å². The summed E-state index contributed by atoms with van der Waals surface area (Å²) in [5.41, 5.74) is 0. The fraction of sp³-hybridized carbons (Fsp3) is 0.308. The zero-order chi connectivity index (χ0) is 13.9. The standard InChI is InChI=1S/C13H12BrN3O3/c14-11-2-1-10(20-11)13(18)17-6-3-9(8-17)19-12-7-15-4-5-16-12/h1-2,4-5,7,9H,3,6,8H2. The molecule has 7 heteroatoms. The van der Waals surface area contributed by atoms with E-state index >= 15 is 0 Å². The second-order valence-corrected chi connectivity index (χ2v) is 5.21. The molecule has 0 spiro atoms. The van der Waals surface area contributed by atoms with Crippen LogP contribution in [0.15, 0.2) is 39.8 Å². The minimum absolute atomic E-state index is 0.0611. The highest BCUT2D eigenvalue weighted by Crippen LogP contribution is 2.20. The highest BCUT2D eigenvalue weighted by Gasteiger charge is 2.29. The lowest BCUT2D eigenvalue weighted by Gasteiger charge is -2.15. The Morgan fingerprint density at radius 3 is 3.05 bits per heavy atom. The van der Waals surface area contributed by atoms with Gasteiger partial charge in [-0.1, -0.05) is 0 Å². The van der Waals surface area contributed by atoms with Gasteiger partial charge < -0.3 is 14.1 Å². The molecule has 6 nitrogen and oxygen atoms in total. The molecule has 1 atom stereocenters. The normalized spacial score (nSPS) is 18.2. The van der Waals surface area contributed by atoms with Gasteiger partial charge in [-0.3, -0.25) is 9.78 Å². The Bertz CT molecular complexity index is 602. The van der Waals surface area contributed by atoms with Crippen LogP contribution in [0.2, 0.25) is 0 Å². The number of likely N-dealkylation sites (tertiary alicyclic amines) is 1. The Morgan fingerprint density at radius 1 is 1.45 bits per heavy atom. The van der Waals surface area contributed by atoms with Gasteiger partial charge in [0, 0.05) is 25.4 Å². The van der Waals surface area contributed by atoms with Crippen LogP contribution < -0.4 is 4.74 Å².